The van der Waals surface area contributed by atoms with E-state index < -0.39 is 12.3 Å². The summed E-state index contributed by atoms with van der Waals surface area (Å²) in [5.41, 5.74) is 1.40. The number of carbonyl (C=O) groups excluding carboxylic acids is 1. The van der Waals surface area contributed by atoms with Gasteiger partial charge in [0.1, 0.15) is 17.1 Å². The van der Waals surface area contributed by atoms with E-state index in [1.165, 1.54) is 31.4 Å². The minimum atomic E-state index is -4.76. The van der Waals surface area contributed by atoms with Crippen LogP contribution in [0.15, 0.2) is 36.4 Å². The number of aromatic hydroxyl groups is 1. The second kappa shape index (κ2) is 7.91. The smallest absolute Gasteiger partial charge is 0.507 e. The zero-order valence-corrected chi connectivity index (χ0v) is 14.7. The van der Waals surface area contributed by atoms with Gasteiger partial charge < -0.3 is 19.5 Å². The lowest BCUT2D eigenvalue weighted by Crippen LogP contribution is -2.16. The van der Waals surface area contributed by atoms with Gasteiger partial charge in [-0.25, -0.2) is 4.79 Å². The summed E-state index contributed by atoms with van der Waals surface area (Å²) in [6.45, 7) is 0. The Kier molecular flexibility index (Phi) is 5.85. The highest BCUT2D eigenvalue weighted by atomic mass is 19.4. The van der Waals surface area contributed by atoms with Crippen LogP contribution in [0.4, 0.5) is 18.9 Å². The predicted molar refractivity (Wildman–Crippen MR) is 92.9 cm³/mol. The van der Waals surface area contributed by atoms with E-state index in [1.807, 2.05) is 0 Å². The average molecular weight is 379 g/mol. The third-order valence-electron chi connectivity index (χ3n) is 3.43. The number of esters is 1. The normalized spacial score (nSPS) is 10.6. The highest BCUT2D eigenvalue weighted by Crippen LogP contribution is 2.28. The largest absolute Gasteiger partial charge is 0.573 e. The summed E-state index contributed by atoms with van der Waals surface area (Å²) in [6.07, 6.45) is -4.76. The van der Waals surface area contributed by atoms with Crippen LogP contribution < -0.4 is 9.64 Å². The number of methoxy groups -OCH3 is 1. The molecule has 2 rings (SSSR count). The summed E-state index contributed by atoms with van der Waals surface area (Å²) in [7, 11) is 4.67. The zero-order valence-electron chi connectivity index (χ0n) is 14.7. The first-order chi connectivity index (χ1) is 12.6. The predicted octanol–water partition coefficient (Wildman–Crippen LogP) is 3.54. The number of carbonyl (C=O) groups is 1. The van der Waals surface area contributed by atoms with Gasteiger partial charge in [-0.15, -0.1) is 13.2 Å². The molecular formula is C19H16F3NO4. The number of phenolic OH excluding ortho intramolecular Hbond substituents is 1. The van der Waals surface area contributed by atoms with Crippen molar-refractivity contribution in [2.24, 2.45) is 0 Å². The molecule has 0 aliphatic heterocycles. The van der Waals surface area contributed by atoms with Gasteiger partial charge in [-0.1, -0.05) is 11.8 Å². The SMILES string of the molecule is COC(=O)c1cc(C#Cc2ccc(OC(F)(F)F)cc2)c(N(C)C)cc1O. The van der Waals surface area contributed by atoms with Crippen molar-refractivity contribution in [2.75, 3.05) is 26.1 Å². The van der Waals surface area contributed by atoms with Crippen LogP contribution in [0.3, 0.4) is 0 Å². The molecule has 0 aliphatic rings. The van der Waals surface area contributed by atoms with Crippen molar-refractivity contribution in [3.8, 4) is 23.3 Å². The number of rotatable bonds is 3. The van der Waals surface area contributed by atoms with Gasteiger partial charge in [0.15, 0.2) is 0 Å². The molecule has 0 atom stereocenters. The summed E-state index contributed by atoms with van der Waals surface area (Å²) in [5.74, 6) is 4.35. The van der Waals surface area contributed by atoms with Crippen LogP contribution in [-0.2, 0) is 4.74 Å². The van der Waals surface area contributed by atoms with Gasteiger partial charge >= 0.3 is 12.3 Å². The minimum Gasteiger partial charge on any atom is -0.507 e. The summed E-state index contributed by atoms with van der Waals surface area (Å²) in [4.78, 5) is 13.4. The lowest BCUT2D eigenvalue weighted by atomic mass is 10.1. The van der Waals surface area contributed by atoms with Crippen LogP contribution in [0.2, 0.25) is 0 Å². The number of phenols is 1. The molecule has 5 nitrogen and oxygen atoms in total. The molecule has 1 N–H and O–H groups in total. The number of hydrogen-bond acceptors (Lipinski definition) is 5. The van der Waals surface area contributed by atoms with Crippen molar-refractivity contribution in [3.63, 3.8) is 0 Å². The van der Waals surface area contributed by atoms with Gasteiger partial charge in [0.25, 0.3) is 0 Å². The molecule has 0 bridgehead atoms. The Morgan fingerprint density at radius 2 is 1.74 bits per heavy atom. The Balaban J connectivity index is 2.38. The summed E-state index contributed by atoms with van der Waals surface area (Å²) in [5, 5.41) is 9.99. The molecule has 0 spiro atoms. The summed E-state index contributed by atoms with van der Waals surface area (Å²) in [6, 6.07) is 7.85. The molecule has 0 fully saturated rings. The maximum Gasteiger partial charge on any atom is 0.573 e. The second-order valence-electron chi connectivity index (χ2n) is 5.59. The van der Waals surface area contributed by atoms with Gasteiger partial charge in [0.2, 0.25) is 0 Å². The molecule has 27 heavy (non-hydrogen) atoms. The van der Waals surface area contributed by atoms with Gasteiger partial charge in [0.05, 0.1) is 12.8 Å². The number of halogens is 3. The van der Waals surface area contributed by atoms with Crippen LogP contribution in [0.5, 0.6) is 11.5 Å². The number of benzene rings is 2. The van der Waals surface area contributed by atoms with Crippen LogP contribution in [-0.4, -0.2) is 38.6 Å². The van der Waals surface area contributed by atoms with Crippen LogP contribution in [0, 0.1) is 11.8 Å². The molecule has 0 aromatic heterocycles. The van der Waals surface area contributed by atoms with E-state index in [9.17, 15) is 23.1 Å². The fourth-order valence-corrected chi connectivity index (χ4v) is 2.20. The highest BCUT2D eigenvalue weighted by molar-refractivity contribution is 5.94. The molecule has 0 amide bonds. The highest BCUT2D eigenvalue weighted by Gasteiger charge is 2.30. The Labute approximate surface area is 153 Å². The van der Waals surface area contributed by atoms with Crippen LogP contribution in [0.1, 0.15) is 21.5 Å². The molecule has 0 saturated carbocycles. The van der Waals surface area contributed by atoms with Crippen molar-refractivity contribution in [3.05, 3.63) is 53.1 Å². The standard InChI is InChI=1S/C19H16F3NO4/c1-23(2)16-11-17(24)15(18(25)26-3)10-13(16)7-4-12-5-8-14(9-6-12)27-19(20,21)22/h5-6,8-11,24H,1-3H3. The summed E-state index contributed by atoms with van der Waals surface area (Å²) >= 11 is 0. The Bertz CT molecular complexity index is 894. The summed E-state index contributed by atoms with van der Waals surface area (Å²) < 4.78 is 45.0. The van der Waals surface area contributed by atoms with E-state index in [0.29, 0.717) is 16.8 Å². The fourth-order valence-electron chi connectivity index (χ4n) is 2.20. The Hall–Kier alpha value is -3.34. The molecule has 2 aromatic carbocycles. The van der Waals surface area contributed by atoms with E-state index in [4.69, 9.17) is 0 Å². The van der Waals surface area contributed by atoms with E-state index in [2.05, 4.69) is 21.3 Å². The Morgan fingerprint density at radius 3 is 2.26 bits per heavy atom. The quantitative estimate of drug-likeness (QED) is 0.653. The topological polar surface area (TPSA) is 59.0 Å². The van der Waals surface area contributed by atoms with E-state index >= 15 is 0 Å². The Morgan fingerprint density at radius 1 is 1.11 bits per heavy atom. The van der Waals surface area contributed by atoms with Crippen LogP contribution in [0.25, 0.3) is 0 Å². The first-order valence-electron chi connectivity index (χ1n) is 7.61. The molecule has 0 aliphatic carbocycles. The number of anilines is 1. The van der Waals surface area contributed by atoms with E-state index in [-0.39, 0.29) is 17.1 Å². The zero-order chi connectivity index (χ0) is 20.2. The number of ether oxygens (including phenoxy) is 2. The van der Waals surface area contributed by atoms with Gasteiger partial charge in [-0.05, 0) is 30.3 Å². The minimum absolute atomic E-state index is 0.0404. The molecule has 8 heteroatoms. The maximum absolute atomic E-state index is 12.2. The molecule has 142 valence electrons. The van der Waals surface area contributed by atoms with Crippen molar-refractivity contribution in [1.82, 2.24) is 0 Å². The van der Waals surface area contributed by atoms with E-state index in [0.717, 1.165) is 12.1 Å². The molecule has 0 saturated heterocycles. The third kappa shape index (κ3) is 5.31. The lowest BCUT2D eigenvalue weighted by Gasteiger charge is -2.16. The third-order valence-corrected chi connectivity index (χ3v) is 3.43. The van der Waals surface area contributed by atoms with E-state index in [1.54, 1.807) is 19.0 Å². The molecule has 0 unspecified atom stereocenters. The molecule has 2 aromatic rings. The van der Waals surface area contributed by atoms with Crippen molar-refractivity contribution in [1.29, 1.82) is 0 Å². The van der Waals surface area contributed by atoms with Gasteiger partial charge in [0, 0.05) is 31.3 Å². The fraction of sp³-hybridized carbons (Fsp3) is 0.211. The first kappa shape index (κ1) is 20.0. The first-order valence-corrected chi connectivity index (χ1v) is 7.61. The average Bonchev–Trinajstić information content (AvgIpc) is 2.59. The van der Waals surface area contributed by atoms with Crippen molar-refractivity contribution < 1.29 is 32.5 Å². The van der Waals surface area contributed by atoms with Crippen molar-refractivity contribution >= 4 is 11.7 Å². The maximum atomic E-state index is 12.2. The number of alkyl halides is 3. The lowest BCUT2D eigenvalue weighted by molar-refractivity contribution is -0.274. The van der Waals surface area contributed by atoms with Crippen molar-refractivity contribution in [2.45, 2.75) is 6.36 Å². The second-order valence-corrected chi connectivity index (χ2v) is 5.59. The molecule has 0 heterocycles. The van der Waals surface area contributed by atoms with Crippen LogP contribution >= 0.6 is 0 Å². The van der Waals surface area contributed by atoms with Gasteiger partial charge in [-0.3, -0.25) is 0 Å². The number of hydrogen-bond donors (Lipinski definition) is 1. The molecular weight excluding hydrogens is 363 g/mol. The monoisotopic (exact) mass is 379 g/mol. The molecule has 0 radical (unpaired) electrons. The van der Waals surface area contributed by atoms with Gasteiger partial charge in [-0.2, -0.15) is 0 Å². The number of nitrogens with zero attached hydrogens (tertiary/aromatic N) is 1.